The maximum absolute atomic E-state index is 13.5. The molecule has 43 heavy (non-hydrogen) atoms. The number of amides is 2. The van der Waals surface area contributed by atoms with Crippen molar-refractivity contribution < 1.29 is 23.5 Å². The van der Waals surface area contributed by atoms with E-state index < -0.39 is 20.0 Å². The van der Waals surface area contributed by atoms with Crippen LogP contribution >= 0.6 is 0 Å². The molecule has 3 aromatic rings. The maximum Gasteiger partial charge on any atom is 0.415 e. The van der Waals surface area contributed by atoms with Gasteiger partial charge >= 0.3 is 6.09 Å². The Hall–Kier alpha value is -3.71. The number of nitrogens with one attached hydrogen (secondary N) is 2. The van der Waals surface area contributed by atoms with Crippen molar-refractivity contribution in [3.63, 3.8) is 0 Å². The number of pyridine rings is 1. The Morgan fingerprint density at radius 2 is 1.86 bits per heavy atom. The largest absolute Gasteiger partial charge is 0.473 e. The van der Waals surface area contributed by atoms with Gasteiger partial charge in [-0.2, -0.15) is 9.61 Å². The normalized spacial score (nSPS) is 18.7. The molecule has 0 bridgehead atoms. The Morgan fingerprint density at radius 3 is 2.51 bits per heavy atom. The molecule has 12 nitrogen and oxygen atoms in total. The zero-order chi connectivity index (χ0) is 31.3. The number of carbonyl (C=O) groups excluding carboxylic acids is 2. The van der Waals surface area contributed by atoms with Gasteiger partial charge in [0.1, 0.15) is 34.6 Å². The SMILES string of the molecule is CN(C(=O)OC(C)(C)C)c1cc(Nc2cccnc2OC2CC2)nc2c(C(=O)N[C@H]3CC3O[Si](C)(C)C(C)(C)C)cnn12. The van der Waals surface area contributed by atoms with E-state index in [1.807, 2.05) is 6.07 Å². The van der Waals surface area contributed by atoms with Crippen LogP contribution in [-0.4, -0.2) is 70.8 Å². The number of hydrogen-bond acceptors (Lipinski definition) is 9. The first kappa shape index (κ1) is 30.7. The van der Waals surface area contributed by atoms with E-state index in [0.717, 1.165) is 19.3 Å². The lowest BCUT2D eigenvalue weighted by atomic mass is 10.2. The van der Waals surface area contributed by atoms with E-state index in [0.29, 0.717) is 23.2 Å². The lowest BCUT2D eigenvalue weighted by Gasteiger charge is -2.36. The molecule has 2 fully saturated rings. The molecule has 3 aromatic heterocycles. The van der Waals surface area contributed by atoms with Gasteiger partial charge in [-0.25, -0.2) is 14.8 Å². The average molecular weight is 610 g/mol. The van der Waals surface area contributed by atoms with Crippen molar-refractivity contribution in [1.82, 2.24) is 24.9 Å². The van der Waals surface area contributed by atoms with E-state index in [1.165, 1.54) is 15.6 Å². The Balaban J connectivity index is 1.44. The maximum atomic E-state index is 13.5. The van der Waals surface area contributed by atoms with Gasteiger partial charge in [-0.05, 0) is 70.3 Å². The van der Waals surface area contributed by atoms with E-state index in [4.69, 9.17) is 18.9 Å². The topological polar surface area (TPSA) is 132 Å². The van der Waals surface area contributed by atoms with Gasteiger partial charge in [0.2, 0.25) is 5.88 Å². The molecule has 0 aliphatic heterocycles. The average Bonchev–Trinajstić information content (AvgIpc) is 3.80. The molecule has 0 spiro atoms. The second-order valence-electron chi connectivity index (χ2n) is 13.9. The predicted molar refractivity (Wildman–Crippen MR) is 167 cm³/mol. The molecule has 232 valence electrons. The van der Waals surface area contributed by atoms with Crippen LogP contribution in [0.1, 0.15) is 71.2 Å². The highest BCUT2D eigenvalue weighted by Crippen LogP contribution is 2.41. The van der Waals surface area contributed by atoms with Crippen molar-refractivity contribution in [3.05, 3.63) is 36.2 Å². The van der Waals surface area contributed by atoms with Gasteiger partial charge in [0.05, 0.1) is 18.3 Å². The number of fused-ring (bicyclic) bond motifs is 1. The summed E-state index contributed by atoms with van der Waals surface area (Å²) >= 11 is 0. The van der Waals surface area contributed by atoms with Crippen LogP contribution in [0.5, 0.6) is 5.88 Å². The summed E-state index contributed by atoms with van der Waals surface area (Å²) in [4.78, 5) is 37.1. The summed E-state index contributed by atoms with van der Waals surface area (Å²) in [5.74, 6) is 0.893. The quantitative estimate of drug-likeness (QED) is 0.294. The summed E-state index contributed by atoms with van der Waals surface area (Å²) in [6.45, 7) is 16.4. The highest BCUT2D eigenvalue weighted by atomic mass is 28.4. The lowest BCUT2D eigenvalue weighted by Crippen LogP contribution is -2.42. The third kappa shape index (κ3) is 7.10. The zero-order valence-electron chi connectivity index (χ0n) is 26.5. The van der Waals surface area contributed by atoms with Crippen LogP contribution < -0.4 is 20.3 Å². The molecule has 2 aliphatic rings. The van der Waals surface area contributed by atoms with Gasteiger partial charge in [0.25, 0.3) is 5.91 Å². The van der Waals surface area contributed by atoms with Gasteiger partial charge in [-0.3, -0.25) is 9.69 Å². The zero-order valence-corrected chi connectivity index (χ0v) is 27.5. The Morgan fingerprint density at radius 1 is 1.14 bits per heavy atom. The number of nitrogens with zero attached hydrogens (tertiary/aromatic N) is 5. The van der Waals surface area contributed by atoms with Crippen molar-refractivity contribution in [3.8, 4) is 5.88 Å². The van der Waals surface area contributed by atoms with Gasteiger partial charge in [-0.1, -0.05) is 20.8 Å². The van der Waals surface area contributed by atoms with Crippen LogP contribution in [-0.2, 0) is 9.16 Å². The van der Waals surface area contributed by atoms with Crippen LogP contribution in [0.15, 0.2) is 30.6 Å². The summed E-state index contributed by atoms with van der Waals surface area (Å²) in [7, 11) is -0.375. The van der Waals surface area contributed by atoms with Crippen molar-refractivity contribution in [1.29, 1.82) is 0 Å². The molecule has 0 radical (unpaired) electrons. The monoisotopic (exact) mass is 609 g/mol. The third-order valence-electron chi connectivity index (χ3n) is 7.85. The second kappa shape index (κ2) is 11.1. The van der Waals surface area contributed by atoms with Gasteiger partial charge in [0.15, 0.2) is 14.0 Å². The molecule has 5 rings (SSSR count). The second-order valence-corrected chi connectivity index (χ2v) is 18.6. The summed E-state index contributed by atoms with van der Waals surface area (Å²) in [5, 5.41) is 10.9. The summed E-state index contributed by atoms with van der Waals surface area (Å²) in [5.41, 5.74) is 0.475. The highest BCUT2D eigenvalue weighted by Gasteiger charge is 2.47. The van der Waals surface area contributed by atoms with Crippen molar-refractivity contribution in [2.24, 2.45) is 0 Å². The van der Waals surface area contributed by atoms with Crippen LogP contribution in [0, 0.1) is 0 Å². The van der Waals surface area contributed by atoms with E-state index >= 15 is 0 Å². The van der Waals surface area contributed by atoms with Gasteiger partial charge in [-0.15, -0.1) is 0 Å². The third-order valence-corrected chi connectivity index (χ3v) is 12.4. The fraction of sp³-hybridized carbons (Fsp3) is 0.567. The van der Waals surface area contributed by atoms with Crippen molar-refractivity contribution in [2.75, 3.05) is 17.3 Å². The number of carbonyl (C=O) groups is 2. The van der Waals surface area contributed by atoms with E-state index in [2.05, 4.69) is 54.6 Å². The molecule has 1 unspecified atom stereocenters. The fourth-order valence-electron chi connectivity index (χ4n) is 4.15. The lowest BCUT2D eigenvalue weighted by molar-refractivity contribution is 0.0587. The van der Waals surface area contributed by atoms with E-state index in [-0.39, 0.29) is 40.4 Å². The molecule has 0 saturated heterocycles. The minimum atomic E-state index is -1.97. The van der Waals surface area contributed by atoms with Gasteiger partial charge in [0, 0.05) is 19.3 Å². The van der Waals surface area contributed by atoms with Crippen LogP contribution in [0.3, 0.4) is 0 Å². The van der Waals surface area contributed by atoms with E-state index in [9.17, 15) is 9.59 Å². The Labute approximate surface area is 253 Å². The molecule has 3 heterocycles. The number of anilines is 3. The van der Waals surface area contributed by atoms with Crippen LogP contribution in [0.2, 0.25) is 18.1 Å². The number of aromatic nitrogens is 4. The summed E-state index contributed by atoms with van der Waals surface area (Å²) in [6.07, 6.45) is 5.43. The molecule has 2 aliphatic carbocycles. The Bertz CT molecular complexity index is 1520. The Kier molecular flexibility index (Phi) is 7.93. The first-order chi connectivity index (χ1) is 20.0. The fourth-order valence-corrected chi connectivity index (χ4v) is 5.52. The number of hydrogen-bond donors (Lipinski definition) is 2. The molecular formula is C30H43N7O5Si. The highest BCUT2D eigenvalue weighted by molar-refractivity contribution is 6.74. The van der Waals surface area contributed by atoms with Gasteiger partial charge < -0.3 is 24.5 Å². The summed E-state index contributed by atoms with van der Waals surface area (Å²) in [6, 6.07) is 5.22. The smallest absolute Gasteiger partial charge is 0.415 e. The standard InChI is InChI=1S/C30H43N7O5Si/c1-29(2,3)41-28(39)36(7)24-16-23(33-20-11-10-14-31-27(20)40-18-12-13-18)35-25-19(17-32-37(24)25)26(38)34-21-15-22(21)42-43(8,9)30(4,5)6/h10-11,14,16-18,21-22H,12-13,15H2,1-9H3,(H,33,35)(H,34,38)/t21-,22?/m0/s1. The molecule has 2 atom stereocenters. The summed E-state index contributed by atoms with van der Waals surface area (Å²) < 4.78 is 19.5. The molecule has 13 heteroatoms. The van der Waals surface area contributed by atoms with Crippen LogP contribution in [0.4, 0.5) is 22.1 Å². The first-order valence-corrected chi connectivity index (χ1v) is 17.7. The molecule has 2 N–H and O–H groups in total. The number of rotatable bonds is 9. The molecule has 2 saturated carbocycles. The number of ether oxygens (including phenoxy) is 2. The minimum absolute atomic E-state index is 0.0128. The molecule has 2 amide bonds. The van der Waals surface area contributed by atoms with Crippen LogP contribution in [0.25, 0.3) is 5.65 Å². The minimum Gasteiger partial charge on any atom is -0.473 e. The first-order valence-electron chi connectivity index (χ1n) is 14.8. The molecule has 0 aromatic carbocycles. The predicted octanol–water partition coefficient (Wildman–Crippen LogP) is 5.67. The van der Waals surface area contributed by atoms with Crippen molar-refractivity contribution >= 4 is 43.3 Å². The van der Waals surface area contributed by atoms with Crippen molar-refractivity contribution in [2.45, 2.75) is 103 Å². The van der Waals surface area contributed by atoms with E-state index in [1.54, 1.807) is 46.1 Å². The molecular weight excluding hydrogens is 566 g/mol.